The normalized spacial score (nSPS) is 11.3. The molecule has 0 radical (unpaired) electrons. The second-order valence-corrected chi connectivity index (χ2v) is 11.0. The molecule has 0 aliphatic heterocycles. The highest BCUT2D eigenvalue weighted by atomic mass is 14.1. The molecule has 19 aliphatic rings. The van der Waals surface area contributed by atoms with Crippen molar-refractivity contribution in [1.29, 1.82) is 0 Å². The summed E-state index contributed by atoms with van der Waals surface area (Å²) in [6, 6.07) is 62.2. The van der Waals surface area contributed by atoms with E-state index in [0.29, 0.717) is 0 Å². The Balaban J connectivity index is 1.20. The Bertz CT molecular complexity index is 1400. The van der Waals surface area contributed by atoms with Crippen LogP contribution in [0.2, 0.25) is 0 Å². The van der Waals surface area contributed by atoms with Gasteiger partial charge in [-0.1, -0.05) is 170 Å². The third-order valence-electron chi connectivity index (χ3n) is 8.53. The van der Waals surface area contributed by atoms with Gasteiger partial charge in [-0.3, -0.25) is 0 Å². The summed E-state index contributed by atoms with van der Waals surface area (Å²) < 4.78 is 0. The third kappa shape index (κ3) is 4.54. The summed E-state index contributed by atoms with van der Waals surface area (Å²) in [5.41, 5.74) is 17.2. The standard InChI is InChI=1S/C42H28/c1-2-30-4-3-29(1)31-5-7-33(8-6-31)35-13-15-37(16-14-35)39-21-23-41(24-22-39)42-27-25-40(26-28-42)38-19-17-36(18-20-38)34-11-9-32(30)10-12-34/h1-28H. The molecule has 0 heteroatoms. The van der Waals surface area contributed by atoms with E-state index in [-0.39, 0.29) is 0 Å². The van der Waals surface area contributed by atoms with Crippen LogP contribution in [0.1, 0.15) is 0 Å². The highest BCUT2D eigenvalue weighted by Gasteiger charge is 2.07. The molecule has 14 bridgehead atoms. The average molecular weight is 533 g/mol. The highest BCUT2D eigenvalue weighted by Crippen LogP contribution is 2.32. The summed E-state index contributed by atoms with van der Waals surface area (Å²) in [7, 11) is 0. The van der Waals surface area contributed by atoms with Crippen molar-refractivity contribution in [2.24, 2.45) is 0 Å². The molecule has 0 aromatic heterocycles. The predicted molar refractivity (Wildman–Crippen MR) is 178 cm³/mol. The Labute approximate surface area is 247 Å². The van der Waals surface area contributed by atoms with Crippen LogP contribution in [0.5, 0.6) is 0 Å². The lowest BCUT2D eigenvalue weighted by Gasteiger charge is -2.10. The second-order valence-electron chi connectivity index (χ2n) is 11.0. The van der Waals surface area contributed by atoms with E-state index in [0.717, 1.165) is 0 Å². The first-order valence-corrected chi connectivity index (χ1v) is 14.5. The van der Waals surface area contributed by atoms with Crippen molar-refractivity contribution in [3.8, 4) is 77.9 Å². The van der Waals surface area contributed by atoms with Gasteiger partial charge in [0.15, 0.2) is 0 Å². The van der Waals surface area contributed by atoms with E-state index >= 15 is 0 Å². The fourth-order valence-corrected chi connectivity index (χ4v) is 5.99. The van der Waals surface area contributed by atoms with Gasteiger partial charge in [-0.25, -0.2) is 0 Å². The fraction of sp³-hybridized carbons (Fsp3) is 0. The van der Waals surface area contributed by atoms with Crippen LogP contribution >= 0.6 is 0 Å². The molecule has 0 unspecified atom stereocenters. The van der Waals surface area contributed by atoms with Crippen LogP contribution in [-0.4, -0.2) is 0 Å². The van der Waals surface area contributed by atoms with E-state index in [9.17, 15) is 0 Å². The van der Waals surface area contributed by atoms with Crippen molar-refractivity contribution in [1.82, 2.24) is 0 Å². The van der Waals surface area contributed by atoms with Gasteiger partial charge in [-0.05, 0) is 77.9 Å². The van der Waals surface area contributed by atoms with Crippen molar-refractivity contribution in [2.45, 2.75) is 0 Å². The SMILES string of the molecule is c1cc2ccc1-c1ccc(cc1)-c1ccc(cc1)-c1ccc(cc1)-c1ccc(cc1)-c1ccc(cc1)-c1ccc-2cc1. The van der Waals surface area contributed by atoms with Crippen LogP contribution in [0, 0.1) is 0 Å². The smallest absolute Gasteiger partial charge is 0.0184 e. The zero-order chi connectivity index (χ0) is 27.9. The van der Waals surface area contributed by atoms with E-state index in [1.807, 2.05) is 0 Å². The minimum atomic E-state index is 1.23. The highest BCUT2D eigenvalue weighted by molar-refractivity contribution is 5.78. The molecule has 19 aliphatic carbocycles. The lowest BCUT2D eigenvalue weighted by Crippen LogP contribution is -1.85. The van der Waals surface area contributed by atoms with Crippen LogP contribution < -0.4 is 0 Å². The first kappa shape index (κ1) is 24.3. The van der Waals surface area contributed by atoms with Gasteiger partial charge in [0.2, 0.25) is 0 Å². The molecule has 196 valence electrons. The van der Waals surface area contributed by atoms with E-state index in [4.69, 9.17) is 0 Å². The van der Waals surface area contributed by atoms with Crippen LogP contribution in [-0.2, 0) is 0 Å². The molecule has 0 amide bonds. The minimum Gasteiger partial charge on any atom is -0.0538 e. The van der Waals surface area contributed by atoms with Crippen molar-refractivity contribution in [2.75, 3.05) is 0 Å². The molecule has 42 heavy (non-hydrogen) atoms. The molecule has 0 N–H and O–H groups in total. The summed E-state index contributed by atoms with van der Waals surface area (Å²) >= 11 is 0. The third-order valence-corrected chi connectivity index (χ3v) is 8.53. The predicted octanol–water partition coefficient (Wildman–Crippen LogP) is 11.7. The largest absolute Gasteiger partial charge is 0.0538 e. The summed E-state index contributed by atoms with van der Waals surface area (Å²) in [5, 5.41) is 0. The second kappa shape index (κ2) is 10.2. The molecule has 7 aromatic carbocycles. The molecule has 0 atom stereocenters. The summed E-state index contributed by atoms with van der Waals surface area (Å²) in [4.78, 5) is 0. The van der Waals surface area contributed by atoms with E-state index in [1.165, 1.54) is 77.9 Å². The molecule has 7 aromatic rings. The lowest BCUT2D eigenvalue weighted by molar-refractivity contribution is 1.55. The van der Waals surface area contributed by atoms with Crippen molar-refractivity contribution < 1.29 is 0 Å². The van der Waals surface area contributed by atoms with Crippen LogP contribution in [0.15, 0.2) is 170 Å². The Morgan fingerprint density at radius 3 is 0.190 bits per heavy atom. The molecule has 26 rings (SSSR count). The van der Waals surface area contributed by atoms with Crippen LogP contribution in [0.25, 0.3) is 77.9 Å². The molecule has 0 spiro atoms. The molecule has 0 fully saturated rings. The first-order chi connectivity index (χ1) is 20.8. The molecular formula is C42H28. The molecule has 0 heterocycles. The van der Waals surface area contributed by atoms with Crippen molar-refractivity contribution in [3.05, 3.63) is 170 Å². The van der Waals surface area contributed by atoms with Crippen LogP contribution in [0.4, 0.5) is 0 Å². The van der Waals surface area contributed by atoms with Gasteiger partial charge in [-0.2, -0.15) is 0 Å². The summed E-state index contributed by atoms with van der Waals surface area (Å²) in [5.74, 6) is 0. The minimum absolute atomic E-state index is 1.23. The Morgan fingerprint density at radius 1 is 0.0952 bits per heavy atom. The van der Waals surface area contributed by atoms with Crippen molar-refractivity contribution in [3.63, 3.8) is 0 Å². The number of rotatable bonds is 0. The first-order valence-electron chi connectivity index (χ1n) is 14.5. The zero-order valence-electron chi connectivity index (χ0n) is 23.2. The Morgan fingerprint density at radius 2 is 0.143 bits per heavy atom. The maximum atomic E-state index is 2.22. The maximum Gasteiger partial charge on any atom is -0.0184 e. The van der Waals surface area contributed by atoms with E-state index < -0.39 is 0 Å². The maximum absolute atomic E-state index is 2.22. The van der Waals surface area contributed by atoms with Gasteiger partial charge in [-0.15, -0.1) is 0 Å². The summed E-state index contributed by atoms with van der Waals surface area (Å²) in [6.07, 6.45) is 0. The van der Waals surface area contributed by atoms with Gasteiger partial charge >= 0.3 is 0 Å². The quantitative estimate of drug-likeness (QED) is 0.182. The average Bonchev–Trinajstić information content (AvgIpc) is 3.09. The van der Waals surface area contributed by atoms with Crippen LogP contribution in [0.3, 0.4) is 0 Å². The number of benzene rings is 7. The van der Waals surface area contributed by atoms with Gasteiger partial charge in [0.05, 0.1) is 0 Å². The molecular weight excluding hydrogens is 504 g/mol. The van der Waals surface area contributed by atoms with E-state index in [1.54, 1.807) is 0 Å². The van der Waals surface area contributed by atoms with Gasteiger partial charge in [0.1, 0.15) is 0 Å². The molecule has 0 saturated heterocycles. The number of hydrogen-bond donors (Lipinski definition) is 0. The zero-order valence-corrected chi connectivity index (χ0v) is 23.2. The lowest BCUT2D eigenvalue weighted by atomic mass is 9.95. The van der Waals surface area contributed by atoms with Gasteiger partial charge in [0, 0.05) is 0 Å². The van der Waals surface area contributed by atoms with Crippen molar-refractivity contribution >= 4 is 0 Å². The van der Waals surface area contributed by atoms with Gasteiger partial charge in [0.25, 0.3) is 0 Å². The molecule has 0 saturated carbocycles. The monoisotopic (exact) mass is 532 g/mol. The number of hydrogen-bond acceptors (Lipinski definition) is 0. The Kier molecular flexibility index (Phi) is 5.90. The van der Waals surface area contributed by atoms with E-state index in [2.05, 4.69) is 170 Å². The summed E-state index contributed by atoms with van der Waals surface area (Å²) in [6.45, 7) is 0. The Hall–Kier alpha value is -5.46. The topological polar surface area (TPSA) is 0 Å². The van der Waals surface area contributed by atoms with Gasteiger partial charge < -0.3 is 0 Å². The fourth-order valence-electron chi connectivity index (χ4n) is 5.99. The molecule has 0 nitrogen and oxygen atoms in total.